The van der Waals surface area contributed by atoms with Gasteiger partial charge in [0.25, 0.3) is 0 Å². The van der Waals surface area contributed by atoms with Gasteiger partial charge in [0.15, 0.2) is 0 Å². The molecule has 0 radical (unpaired) electrons. The Bertz CT molecular complexity index is 2640. The van der Waals surface area contributed by atoms with Crippen molar-refractivity contribution in [2.75, 3.05) is 5.32 Å². The van der Waals surface area contributed by atoms with Crippen molar-refractivity contribution in [1.29, 1.82) is 0 Å². The highest BCUT2D eigenvalue weighted by molar-refractivity contribution is 7.20. The van der Waals surface area contributed by atoms with Crippen molar-refractivity contribution < 1.29 is 0 Å². The maximum Gasteiger partial charge on any atom is 0.114 e. The molecule has 5 heteroatoms. The van der Waals surface area contributed by atoms with Gasteiger partial charge < -0.3 is 5.32 Å². The van der Waals surface area contributed by atoms with Crippen LogP contribution in [0.5, 0.6) is 0 Å². The van der Waals surface area contributed by atoms with Crippen LogP contribution >= 0.6 is 11.3 Å². The summed E-state index contributed by atoms with van der Waals surface area (Å²) in [7, 11) is 0. The number of hydrogen-bond acceptors (Lipinski definition) is 5. The Morgan fingerprint density at radius 3 is 2.16 bits per heavy atom. The van der Waals surface area contributed by atoms with Crippen molar-refractivity contribution >= 4 is 38.9 Å². The van der Waals surface area contributed by atoms with Gasteiger partial charge in [-0.1, -0.05) is 170 Å². The molecule has 56 heavy (non-hydrogen) atoms. The molecule has 1 aromatic heterocycles. The summed E-state index contributed by atoms with van der Waals surface area (Å²) in [6, 6.07) is 65.5. The number of nitrogens with one attached hydrogen (secondary N) is 3. The summed E-state index contributed by atoms with van der Waals surface area (Å²) in [4.78, 5) is 1.47. The molecule has 3 N–H and O–H groups in total. The van der Waals surface area contributed by atoms with Crippen LogP contribution in [0.25, 0.3) is 38.4 Å². The van der Waals surface area contributed by atoms with E-state index in [0.717, 1.165) is 24.3 Å². The molecule has 0 bridgehead atoms. The number of anilines is 2. The van der Waals surface area contributed by atoms with E-state index in [1.807, 2.05) is 11.3 Å². The third-order valence-corrected chi connectivity index (χ3v) is 12.4. The number of benzene rings is 7. The smallest absolute Gasteiger partial charge is 0.114 e. The van der Waals surface area contributed by atoms with Crippen molar-refractivity contribution in [3.05, 3.63) is 221 Å². The van der Waals surface area contributed by atoms with E-state index >= 15 is 0 Å². The van der Waals surface area contributed by atoms with Crippen molar-refractivity contribution in [2.24, 2.45) is 0 Å². The van der Waals surface area contributed by atoms with E-state index < -0.39 is 0 Å². The predicted octanol–water partition coefficient (Wildman–Crippen LogP) is 12.8. The second-order valence-electron chi connectivity index (χ2n) is 14.7. The molecule has 4 nitrogen and oxygen atoms in total. The molecule has 4 unspecified atom stereocenters. The van der Waals surface area contributed by atoms with Crippen LogP contribution in [0.3, 0.4) is 0 Å². The summed E-state index contributed by atoms with van der Waals surface area (Å²) in [5.74, 6) is 0.386. The van der Waals surface area contributed by atoms with Crippen LogP contribution in [-0.4, -0.2) is 5.01 Å². The number of thiophene rings is 1. The SMILES string of the molecule is C1=Cc2c(sc3c(-c4ccc(Nc5cccc(C6NN6C(NCc6ccccc6)c6ccccc6)c5)c(-c5ccccc5)c4)cccc23)C(c2ccccc2)C1. The molecule has 7 aromatic carbocycles. The lowest BCUT2D eigenvalue weighted by Crippen LogP contribution is -2.28. The first-order chi connectivity index (χ1) is 27.8. The third kappa shape index (κ3) is 6.87. The molecule has 2 heterocycles. The fraction of sp³-hybridized carbons (Fsp3) is 0.0980. The molecule has 2 aliphatic rings. The summed E-state index contributed by atoms with van der Waals surface area (Å²) in [6.07, 6.45) is 5.84. The first-order valence-corrected chi connectivity index (χ1v) is 20.3. The van der Waals surface area contributed by atoms with Gasteiger partial charge in [0, 0.05) is 44.4 Å². The summed E-state index contributed by atoms with van der Waals surface area (Å²) < 4.78 is 1.35. The Labute approximate surface area is 332 Å². The van der Waals surface area contributed by atoms with Crippen molar-refractivity contribution in [1.82, 2.24) is 15.8 Å². The van der Waals surface area contributed by atoms with Crippen LogP contribution in [0.2, 0.25) is 0 Å². The number of fused-ring (bicyclic) bond motifs is 3. The molecular weight excluding hydrogens is 701 g/mol. The van der Waals surface area contributed by atoms with Gasteiger partial charge >= 0.3 is 0 Å². The minimum atomic E-state index is 0.0221. The predicted molar refractivity (Wildman–Crippen MR) is 235 cm³/mol. The fourth-order valence-corrected chi connectivity index (χ4v) is 9.69. The molecule has 0 spiro atoms. The molecule has 1 aliphatic heterocycles. The third-order valence-electron chi connectivity index (χ3n) is 11.1. The maximum absolute atomic E-state index is 3.83. The van der Waals surface area contributed by atoms with Gasteiger partial charge in [-0.15, -0.1) is 11.3 Å². The molecule has 1 fully saturated rings. The van der Waals surface area contributed by atoms with Gasteiger partial charge in [-0.05, 0) is 75.2 Å². The lowest BCUT2D eigenvalue weighted by molar-refractivity contribution is 0.296. The molecule has 272 valence electrons. The van der Waals surface area contributed by atoms with E-state index in [2.05, 4.69) is 215 Å². The van der Waals surface area contributed by atoms with E-state index in [-0.39, 0.29) is 12.3 Å². The van der Waals surface area contributed by atoms with Gasteiger partial charge in [-0.3, -0.25) is 5.32 Å². The highest BCUT2D eigenvalue weighted by Gasteiger charge is 2.41. The van der Waals surface area contributed by atoms with E-state index in [1.54, 1.807) is 0 Å². The molecule has 0 saturated carbocycles. The Kier molecular flexibility index (Phi) is 9.35. The average molecular weight is 743 g/mol. The lowest BCUT2D eigenvalue weighted by atomic mass is 9.87. The minimum Gasteiger partial charge on any atom is -0.355 e. The molecule has 4 atom stereocenters. The molecular formula is C51H42N4S. The number of nitrogens with zero attached hydrogens (tertiary/aromatic N) is 1. The summed E-state index contributed by atoms with van der Waals surface area (Å²) in [5, 5.41) is 11.3. The summed E-state index contributed by atoms with van der Waals surface area (Å²) in [5.41, 5.74) is 17.1. The highest BCUT2D eigenvalue weighted by Crippen LogP contribution is 2.48. The first-order valence-electron chi connectivity index (χ1n) is 19.5. The van der Waals surface area contributed by atoms with Crippen LogP contribution < -0.4 is 16.1 Å². The van der Waals surface area contributed by atoms with Crippen LogP contribution in [0.4, 0.5) is 11.4 Å². The van der Waals surface area contributed by atoms with Crippen LogP contribution in [0.1, 0.15) is 57.4 Å². The first kappa shape index (κ1) is 34.4. The highest BCUT2D eigenvalue weighted by atomic mass is 32.1. The largest absolute Gasteiger partial charge is 0.355 e. The average Bonchev–Trinajstić information content (AvgIpc) is 3.97. The maximum atomic E-state index is 3.83. The van der Waals surface area contributed by atoms with Gasteiger partial charge in [0.05, 0.1) is 0 Å². The topological polar surface area (TPSA) is 49.0 Å². The fourth-order valence-electron chi connectivity index (χ4n) is 8.23. The Morgan fingerprint density at radius 2 is 1.36 bits per heavy atom. The number of hydrazine groups is 1. The molecule has 1 aliphatic carbocycles. The van der Waals surface area contributed by atoms with Crippen LogP contribution in [-0.2, 0) is 6.54 Å². The molecule has 8 aromatic rings. The zero-order valence-corrected chi connectivity index (χ0v) is 31.8. The lowest BCUT2D eigenvalue weighted by Gasteiger charge is -2.20. The Balaban J connectivity index is 0.953. The van der Waals surface area contributed by atoms with E-state index in [9.17, 15) is 0 Å². The summed E-state index contributed by atoms with van der Waals surface area (Å²) in [6.45, 7) is 0.778. The van der Waals surface area contributed by atoms with Crippen LogP contribution in [0.15, 0.2) is 188 Å². The zero-order chi connectivity index (χ0) is 37.3. The quantitative estimate of drug-likeness (QED) is 0.116. The van der Waals surface area contributed by atoms with Gasteiger partial charge in [-0.25, -0.2) is 5.43 Å². The number of hydrogen-bond donors (Lipinski definition) is 3. The molecule has 1 saturated heterocycles. The van der Waals surface area contributed by atoms with Crippen molar-refractivity contribution in [3.63, 3.8) is 0 Å². The van der Waals surface area contributed by atoms with Crippen molar-refractivity contribution in [3.8, 4) is 22.3 Å². The second kappa shape index (κ2) is 15.2. The zero-order valence-electron chi connectivity index (χ0n) is 31.0. The van der Waals surface area contributed by atoms with Crippen LogP contribution in [0, 0.1) is 0 Å². The Hall–Kier alpha value is -6.08. The van der Waals surface area contributed by atoms with Gasteiger partial charge in [0.1, 0.15) is 12.3 Å². The number of allylic oxidation sites excluding steroid dienone is 1. The molecule has 10 rings (SSSR count). The summed E-state index contributed by atoms with van der Waals surface area (Å²) >= 11 is 1.96. The minimum absolute atomic E-state index is 0.0221. The van der Waals surface area contributed by atoms with Crippen molar-refractivity contribution in [2.45, 2.75) is 31.2 Å². The van der Waals surface area contributed by atoms with Gasteiger partial charge in [-0.2, -0.15) is 5.01 Å². The van der Waals surface area contributed by atoms with Gasteiger partial charge in [0.2, 0.25) is 0 Å². The molecule has 0 amide bonds. The second-order valence-corrected chi connectivity index (χ2v) is 15.7. The normalized spacial score (nSPS) is 17.7. The van der Waals surface area contributed by atoms with E-state index in [0.29, 0.717) is 5.92 Å². The Morgan fingerprint density at radius 1 is 0.643 bits per heavy atom. The van der Waals surface area contributed by atoms with E-state index in [1.165, 1.54) is 65.0 Å². The number of rotatable bonds is 11. The van der Waals surface area contributed by atoms with E-state index in [4.69, 9.17) is 0 Å². The standard InChI is InChI=1S/C51H42N4S/c1-5-16-35(17-6-1)34-52-50(38-22-11-4-12-23-38)55-51(54-55)40-24-13-25-41(32-40)53-47-31-30-39(33-46(47)37-20-9-3-10-21-37)43-27-15-29-45-44-28-14-26-42(48(44)56-49(43)45)36-18-7-2-8-19-36/h1-25,27-33,42,50-54H,26,34H2. The monoisotopic (exact) mass is 742 g/mol.